The summed E-state index contributed by atoms with van der Waals surface area (Å²) in [4.78, 5) is 26.9. The van der Waals surface area contributed by atoms with Crippen LogP contribution in [0.3, 0.4) is 0 Å². The van der Waals surface area contributed by atoms with E-state index in [9.17, 15) is 14.7 Å². The molecule has 6 atom stereocenters. The molecule has 4 rings (SSSR count). The van der Waals surface area contributed by atoms with E-state index in [-0.39, 0.29) is 17.1 Å². The number of hydrogen-bond acceptors (Lipinski definition) is 4. The lowest BCUT2D eigenvalue weighted by Gasteiger charge is -2.33. The van der Waals surface area contributed by atoms with Gasteiger partial charge in [0.2, 0.25) is 5.78 Å². The lowest BCUT2D eigenvalue weighted by molar-refractivity contribution is -0.165. The number of ketones is 1. The number of rotatable bonds is 3. The van der Waals surface area contributed by atoms with E-state index in [2.05, 4.69) is 26.8 Å². The second kappa shape index (κ2) is 8.72. The summed E-state index contributed by atoms with van der Waals surface area (Å²) in [5.41, 5.74) is 1.44. The molecule has 4 heteroatoms. The van der Waals surface area contributed by atoms with E-state index in [0.717, 1.165) is 24.0 Å². The molecule has 0 heterocycles. The molecule has 4 nitrogen and oxygen atoms in total. The van der Waals surface area contributed by atoms with E-state index < -0.39 is 23.6 Å². The SMILES string of the molecule is C/C1=C\[C@H]2[C@@H](O)[C@@H](C)C[C@]2(OC(=O)/C=C/c2ccccc2)C(=O)/C(C)=C/[C@H]2[C@H](CC1)C2(C)C. The zero-order chi connectivity index (χ0) is 24.0. The van der Waals surface area contributed by atoms with Gasteiger partial charge in [-0.3, -0.25) is 4.79 Å². The first-order valence-electron chi connectivity index (χ1n) is 12.1. The molecule has 1 aromatic carbocycles. The standard InChI is InChI=1S/C29H36O4/c1-18-11-13-22-23(28(22,4)5)16-19(2)27(32)29(17-20(3)26(31)24(29)15-18)33-25(30)14-12-21-9-7-6-8-10-21/h6-10,12,14-16,20,22-24,26,31H,11,13,17H2,1-5H3/b14-12+,18-15+,19-16+/t20-,22-,23-,24-,26-,29+/m0/s1. The number of esters is 1. The first-order chi connectivity index (χ1) is 15.6. The normalized spacial score (nSPS) is 38.8. The topological polar surface area (TPSA) is 63.6 Å². The number of fused-ring (bicyclic) bond motifs is 2. The first-order valence-corrected chi connectivity index (χ1v) is 12.1. The van der Waals surface area contributed by atoms with Crippen LogP contribution in [0.1, 0.15) is 59.4 Å². The minimum absolute atomic E-state index is 0.158. The van der Waals surface area contributed by atoms with E-state index in [1.807, 2.05) is 50.3 Å². The molecule has 0 radical (unpaired) electrons. The Labute approximate surface area is 197 Å². The van der Waals surface area contributed by atoms with Crippen molar-refractivity contribution in [2.24, 2.45) is 29.1 Å². The summed E-state index contributed by atoms with van der Waals surface area (Å²) in [6.07, 6.45) is 8.72. The van der Waals surface area contributed by atoms with Crippen molar-refractivity contribution >= 4 is 17.8 Å². The number of allylic oxidation sites excluding steroid dienone is 2. The van der Waals surface area contributed by atoms with E-state index in [1.165, 1.54) is 6.08 Å². The molecule has 0 saturated heterocycles. The predicted molar refractivity (Wildman–Crippen MR) is 130 cm³/mol. The van der Waals surface area contributed by atoms with Gasteiger partial charge >= 0.3 is 5.97 Å². The second-order valence-corrected chi connectivity index (χ2v) is 10.9. The number of ether oxygens (including phenoxy) is 1. The summed E-state index contributed by atoms with van der Waals surface area (Å²) in [7, 11) is 0. The summed E-state index contributed by atoms with van der Waals surface area (Å²) >= 11 is 0. The van der Waals surface area contributed by atoms with E-state index >= 15 is 0 Å². The largest absolute Gasteiger partial charge is 0.447 e. The zero-order valence-electron chi connectivity index (χ0n) is 20.4. The summed E-state index contributed by atoms with van der Waals surface area (Å²) in [6.45, 7) is 10.3. The molecule has 0 aliphatic heterocycles. The van der Waals surface area contributed by atoms with Gasteiger partial charge in [-0.1, -0.05) is 68.8 Å². The molecule has 33 heavy (non-hydrogen) atoms. The third kappa shape index (κ3) is 4.38. The van der Waals surface area contributed by atoms with Crippen molar-refractivity contribution in [2.45, 2.75) is 65.6 Å². The summed E-state index contributed by atoms with van der Waals surface area (Å²) in [6, 6.07) is 9.51. The molecule has 0 amide bonds. The molecular formula is C29H36O4. The molecule has 2 saturated carbocycles. The third-order valence-electron chi connectivity index (χ3n) is 8.23. The summed E-state index contributed by atoms with van der Waals surface area (Å²) < 4.78 is 6.05. The fourth-order valence-electron chi connectivity index (χ4n) is 6.06. The van der Waals surface area contributed by atoms with Crippen molar-refractivity contribution in [3.05, 3.63) is 65.3 Å². The van der Waals surface area contributed by atoms with Crippen LogP contribution in [-0.2, 0) is 14.3 Å². The Hall–Kier alpha value is -2.46. The van der Waals surface area contributed by atoms with Crippen molar-refractivity contribution in [2.75, 3.05) is 0 Å². The van der Waals surface area contributed by atoms with Crippen LogP contribution in [-0.4, -0.2) is 28.6 Å². The van der Waals surface area contributed by atoms with E-state index in [4.69, 9.17) is 4.74 Å². The Balaban J connectivity index is 1.72. The maximum absolute atomic E-state index is 14.0. The number of benzene rings is 1. The van der Waals surface area contributed by atoms with Crippen molar-refractivity contribution < 1.29 is 19.4 Å². The van der Waals surface area contributed by atoms with Crippen LogP contribution in [0.25, 0.3) is 6.08 Å². The third-order valence-corrected chi connectivity index (χ3v) is 8.23. The summed E-state index contributed by atoms with van der Waals surface area (Å²) in [5.74, 6) is -0.561. The first kappa shape index (κ1) is 23.7. The van der Waals surface area contributed by atoms with Crippen molar-refractivity contribution in [1.82, 2.24) is 0 Å². The molecule has 0 bridgehead atoms. The van der Waals surface area contributed by atoms with Crippen LogP contribution in [0.15, 0.2) is 59.7 Å². The van der Waals surface area contributed by atoms with Gasteiger partial charge in [-0.2, -0.15) is 0 Å². The quantitative estimate of drug-likeness (QED) is 0.375. The van der Waals surface area contributed by atoms with E-state index in [1.54, 1.807) is 6.08 Å². The minimum Gasteiger partial charge on any atom is -0.447 e. The lowest BCUT2D eigenvalue weighted by Crippen LogP contribution is -2.48. The van der Waals surface area contributed by atoms with Gasteiger partial charge in [0.05, 0.1) is 12.0 Å². The maximum atomic E-state index is 14.0. The molecule has 1 aromatic rings. The fourth-order valence-corrected chi connectivity index (χ4v) is 6.06. The Bertz CT molecular complexity index is 1020. The predicted octanol–water partition coefficient (Wildman–Crippen LogP) is 5.53. The maximum Gasteiger partial charge on any atom is 0.331 e. The van der Waals surface area contributed by atoms with Crippen molar-refractivity contribution in [1.29, 1.82) is 0 Å². The van der Waals surface area contributed by atoms with Gasteiger partial charge < -0.3 is 9.84 Å². The highest BCUT2D eigenvalue weighted by Crippen LogP contribution is 2.62. The second-order valence-electron chi connectivity index (χ2n) is 10.9. The molecular weight excluding hydrogens is 412 g/mol. The van der Waals surface area contributed by atoms with Crippen LogP contribution < -0.4 is 0 Å². The van der Waals surface area contributed by atoms with Gasteiger partial charge in [-0.25, -0.2) is 4.79 Å². The summed E-state index contributed by atoms with van der Waals surface area (Å²) in [5, 5.41) is 11.1. The molecule has 0 aromatic heterocycles. The number of carbonyl (C=O) groups is 2. The highest BCUT2D eigenvalue weighted by molar-refractivity contribution is 6.04. The van der Waals surface area contributed by atoms with Crippen LogP contribution in [0.2, 0.25) is 0 Å². The van der Waals surface area contributed by atoms with Gasteiger partial charge in [0.25, 0.3) is 0 Å². The number of aliphatic hydroxyl groups is 1. The average Bonchev–Trinajstić information content (AvgIpc) is 3.21. The Morgan fingerprint density at radius 1 is 1.12 bits per heavy atom. The highest BCUT2D eigenvalue weighted by atomic mass is 16.6. The minimum atomic E-state index is -1.39. The van der Waals surface area contributed by atoms with Crippen molar-refractivity contribution in [3.8, 4) is 0 Å². The molecule has 3 aliphatic rings. The average molecular weight is 449 g/mol. The molecule has 176 valence electrons. The van der Waals surface area contributed by atoms with Gasteiger partial charge in [-0.15, -0.1) is 0 Å². The number of aliphatic hydroxyl groups excluding tert-OH is 1. The van der Waals surface area contributed by atoms with E-state index in [0.29, 0.717) is 23.8 Å². The smallest absolute Gasteiger partial charge is 0.331 e. The highest BCUT2D eigenvalue weighted by Gasteiger charge is 2.60. The number of Topliss-reactive ketones (excluding diaryl/α,β-unsaturated/α-hetero) is 1. The Kier molecular flexibility index (Phi) is 6.26. The molecule has 1 N–H and O–H groups in total. The van der Waals surface area contributed by atoms with Crippen LogP contribution in [0, 0.1) is 29.1 Å². The lowest BCUT2D eigenvalue weighted by atomic mass is 9.81. The number of hydrogen-bond donors (Lipinski definition) is 1. The number of carbonyl (C=O) groups excluding carboxylic acids is 2. The molecule has 0 unspecified atom stereocenters. The Morgan fingerprint density at radius 3 is 2.52 bits per heavy atom. The van der Waals surface area contributed by atoms with Gasteiger partial charge in [0, 0.05) is 12.5 Å². The van der Waals surface area contributed by atoms with Crippen LogP contribution in [0.4, 0.5) is 0 Å². The zero-order valence-corrected chi connectivity index (χ0v) is 20.4. The molecule has 0 spiro atoms. The van der Waals surface area contributed by atoms with Crippen LogP contribution >= 0.6 is 0 Å². The molecule has 3 aliphatic carbocycles. The monoisotopic (exact) mass is 448 g/mol. The molecule has 2 fully saturated rings. The van der Waals surface area contributed by atoms with Gasteiger partial charge in [0.15, 0.2) is 5.60 Å². The van der Waals surface area contributed by atoms with Crippen LogP contribution in [0.5, 0.6) is 0 Å². The fraction of sp³-hybridized carbons (Fsp3) is 0.517. The Morgan fingerprint density at radius 2 is 1.82 bits per heavy atom. The van der Waals surface area contributed by atoms with Gasteiger partial charge in [-0.05, 0) is 67.1 Å². The van der Waals surface area contributed by atoms with Gasteiger partial charge in [0.1, 0.15) is 0 Å². The van der Waals surface area contributed by atoms with Crippen molar-refractivity contribution in [3.63, 3.8) is 0 Å².